The standard InChI is InChI=1S/C18H21NO3/c1-11(2)21-18(20)15-10-17(13(4)9-16(15)19)22-14-7-5-12(3)6-8-14/h5-11H,19H2,1-4H3. The summed E-state index contributed by atoms with van der Waals surface area (Å²) in [6.07, 6.45) is -0.199. The molecule has 116 valence electrons. The van der Waals surface area contributed by atoms with Crippen LogP contribution in [0.1, 0.15) is 35.3 Å². The molecule has 0 aliphatic rings. The van der Waals surface area contributed by atoms with E-state index < -0.39 is 5.97 Å². The van der Waals surface area contributed by atoms with Crippen molar-refractivity contribution in [2.75, 3.05) is 5.73 Å². The maximum absolute atomic E-state index is 12.1. The summed E-state index contributed by atoms with van der Waals surface area (Å²) in [4.78, 5) is 12.1. The predicted molar refractivity (Wildman–Crippen MR) is 87.4 cm³/mol. The molecule has 2 aromatic rings. The number of aryl methyl sites for hydroxylation is 2. The first-order chi connectivity index (χ1) is 10.4. The number of hydrogen-bond acceptors (Lipinski definition) is 4. The molecule has 4 heteroatoms. The minimum absolute atomic E-state index is 0.199. The lowest BCUT2D eigenvalue weighted by atomic mass is 10.1. The van der Waals surface area contributed by atoms with E-state index in [9.17, 15) is 4.79 Å². The summed E-state index contributed by atoms with van der Waals surface area (Å²) in [6.45, 7) is 7.49. The van der Waals surface area contributed by atoms with E-state index in [1.54, 1.807) is 26.0 Å². The van der Waals surface area contributed by atoms with Gasteiger partial charge in [0.15, 0.2) is 0 Å². The Bertz CT molecular complexity index is 675. The van der Waals surface area contributed by atoms with Crippen molar-refractivity contribution >= 4 is 11.7 Å². The van der Waals surface area contributed by atoms with Crippen molar-refractivity contribution < 1.29 is 14.3 Å². The summed E-state index contributed by atoms with van der Waals surface area (Å²) in [5.41, 5.74) is 8.65. The number of rotatable bonds is 4. The van der Waals surface area contributed by atoms with E-state index in [0.717, 1.165) is 11.1 Å². The second kappa shape index (κ2) is 6.52. The Morgan fingerprint density at radius 3 is 2.32 bits per heavy atom. The minimum atomic E-state index is -0.443. The first kappa shape index (κ1) is 15.9. The highest BCUT2D eigenvalue weighted by molar-refractivity contribution is 5.96. The minimum Gasteiger partial charge on any atom is -0.459 e. The van der Waals surface area contributed by atoms with Gasteiger partial charge in [-0.05, 0) is 57.5 Å². The molecule has 0 aliphatic carbocycles. The molecule has 22 heavy (non-hydrogen) atoms. The van der Waals surface area contributed by atoms with Crippen LogP contribution in [0.2, 0.25) is 0 Å². The van der Waals surface area contributed by atoms with Gasteiger partial charge in [-0.25, -0.2) is 4.79 Å². The highest BCUT2D eigenvalue weighted by Gasteiger charge is 2.16. The molecular weight excluding hydrogens is 278 g/mol. The van der Waals surface area contributed by atoms with Crippen molar-refractivity contribution in [3.05, 3.63) is 53.1 Å². The van der Waals surface area contributed by atoms with Gasteiger partial charge in [0.2, 0.25) is 0 Å². The average Bonchev–Trinajstić information content (AvgIpc) is 2.43. The number of carbonyl (C=O) groups excluding carboxylic acids is 1. The molecule has 0 fully saturated rings. The molecule has 0 amide bonds. The summed E-state index contributed by atoms with van der Waals surface area (Å²) < 4.78 is 11.1. The molecule has 0 saturated heterocycles. The zero-order valence-corrected chi connectivity index (χ0v) is 13.3. The second-order valence-corrected chi connectivity index (χ2v) is 5.57. The van der Waals surface area contributed by atoms with Crippen LogP contribution in [0.25, 0.3) is 0 Å². The van der Waals surface area contributed by atoms with Crippen LogP contribution in [0.5, 0.6) is 11.5 Å². The summed E-state index contributed by atoms with van der Waals surface area (Å²) in [5.74, 6) is 0.858. The van der Waals surface area contributed by atoms with E-state index in [1.165, 1.54) is 0 Å². The van der Waals surface area contributed by atoms with E-state index in [0.29, 0.717) is 22.7 Å². The Hall–Kier alpha value is -2.49. The van der Waals surface area contributed by atoms with Crippen molar-refractivity contribution in [1.82, 2.24) is 0 Å². The Morgan fingerprint density at radius 1 is 1.09 bits per heavy atom. The van der Waals surface area contributed by atoms with Gasteiger partial charge >= 0.3 is 5.97 Å². The molecule has 0 spiro atoms. The Morgan fingerprint density at radius 2 is 1.73 bits per heavy atom. The highest BCUT2D eigenvalue weighted by Crippen LogP contribution is 2.30. The third kappa shape index (κ3) is 3.79. The van der Waals surface area contributed by atoms with Crippen LogP contribution in [-0.4, -0.2) is 12.1 Å². The van der Waals surface area contributed by atoms with E-state index in [-0.39, 0.29) is 6.10 Å². The van der Waals surface area contributed by atoms with Crippen molar-refractivity contribution in [2.24, 2.45) is 0 Å². The first-order valence-corrected chi connectivity index (χ1v) is 7.22. The van der Waals surface area contributed by atoms with E-state index in [2.05, 4.69) is 0 Å². The van der Waals surface area contributed by atoms with E-state index in [1.807, 2.05) is 38.1 Å². The van der Waals surface area contributed by atoms with Crippen molar-refractivity contribution in [2.45, 2.75) is 33.8 Å². The molecular formula is C18H21NO3. The average molecular weight is 299 g/mol. The molecule has 2 rings (SSSR count). The van der Waals surface area contributed by atoms with Crippen LogP contribution in [0, 0.1) is 13.8 Å². The quantitative estimate of drug-likeness (QED) is 0.677. The van der Waals surface area contributed by atoms with Crippen molar-refractivity contribution in [3.8, 4) is 11.5 Å². The summed E-state index contributed by atoms with van der Waals surface area (Å²) in [6, 6.07) is 11.1. The van der Waals surface area contributed by atoms with Gasteiger partial charge in [-0.1, -0.05) is 17.7 Å². The zero-order chi connectivity index (χ0) is 16.3. The van der Waals surface area contributed by atoms with Crippen LogP contribution in [0.15, 0.2) is 36.4 Å². The molecule has 0 atom stereocenters. The number of benzene rings is 2. The van der Waals surface area contributed by atoms with Gasteiger partial charge in [-0.3, -0.25) is 0 Å². The van der Waals surface area contributed by atoms with Gasteiger partial charge in [-0.15, -0.1) is 0 Å². The number of hydrogen-bond donors (Lipinski definition) is 1. The molecule has 2 aromatic carbocycles. The second-order valence-electron chi connectivity index (χ2n) is 5.57. The van der Waals surface area contributed by atoms with Crippen LogP contribution in [0.3, 0.4) is 0 Å². The number of ether oxygens (including phenoxy) is 2. The van der Waals surface area contributed by atoms with Crippen LogP contribution < -0.4 is 10.5 Å². The Labute approximate surface area is 130 Å². The predicted octanol–water partition coefficient (Wildman–Crippen LogP) is 4.24. The SMILES string of the molecule is Cc1ccc(Oc2cc(C(=O)OC(C)C)c(N)cc2C)cc1. The number of nitrogens with two attached hydrogens (primary N) is 1. The summed E-state index contributed by atoms with van der Waals surface area (Å²) in [7, 11) is 0. The Kier molecular flexibility index (Phi) is 4.71. The van der Waals surface area contributed by atoms with Gasteiger partial charge in [0.1, 0.15) is 11.5 Å². The molecule has 0 aromatic heterocycles. The van der Waals surface area contributed by atoms with Gasteiger partial charge in [0.05, 0.1) is 11.7 Å². The molecule has 0 saturated carbocycles. The topological polar surface area (TPSA) is 61.5 Å². The fourth-order valence-electron chi connectivity index (χ4n) is 2.01. The number of carbonyl (C=O) groups is 1. The normalized spacial score (nSPS) is 10.6. The van der Waals surface area contributed by atoms with E-state index >= 15 is 0 Å². The number of nitrogen functional groups attached to an aromatic ring is 1. The lowest BCUT2D eigenvalue weighted by Gasteiger charge is -2.14. The van der Waals surface area contributed by atoms with Crippen LogP contribution >= 0.6 is 0 Å². The number of anilines is 1. The fourth-order valence-corrected chi connectivity index (χ4v) is 2.01. The smallest absolute Gasteiger partial charge is 0.340 e. The maximum atomic E-state index is 12.1. The van der Waals surface area contributed by atoms with Gasteiger partial charge in [0, 0.05) is 5.69 Å². The molecule has 0 aliphatic heterocycles. The summed E-state index contributed by atoms with van der Waals surface area (Å²) >= 11 is 0. The molecule has 4 nitrogen and oxygen atoms in total. The third-order valence-electron chi connectivity index (χ3n) is 3.16. The number of esters is 1. The molecule has 0 bridgehead atoms. The molecule has 0 heterocycles. The van der Waals surface area contributed by atoms with E-state index in [4.69, 9.17) is 15.2 Å². The van der Waals surface area contributed by atoms with Crippen molar-refractivity contribution in [1.29, 1.82) is 0 Å². The third-order valence-corrected chi connectivity index (χ3v) is 3.16. The monoisotopic (exact) mass is 299 g/mol. The van der Waals surface area contributed by atoms with Gasteiger partial charge in [-0.2, -0.15) is 0 Å². The first-order valence-electron chi connectivity index (χ1n) is 7.22. The Balaban J connectivity index is 2.31. The highest BCUT2D eigenvalue weighted by atomic mass is 16.5. The molecule has 0 radical (unpaired) electrons. The van der Waals surface area contributed by atoms with Crippen molar-refractivity contribution in [3.63, 3.8) is 0 Å². The molecule has 0 unspecified atom stereocenters. The van der Waals surface area contributed by atoms with Gasteiger partial charge < -0.3 is 15.2 Å². The van der Waals surface area contributed by atoms with Gasteiger partial charge in [0.25, 0.3) is 0 Å². The molecule has 2 N–H and O–H groups in total. The lowest BCUT2D eigenvalue weighted by molar-refractivity contribution is 0.0379. The fraction of sp³-hybridized carbons (Fsp3) is 0.278. The van der Waals surface area contributed by atoms with Crippen LogP contribution in [0.4, 0.5) is 5.69 Å². The maximum Gasteiger partial charge on any atom is 0.340 e. The zero-order valence-electron chi connectivity index (χ0n) is 13.3. The van der Waals surface area contributed by atoms with Crippen LogP contribution in [-0.2, 0) is 4.74 Å². The lowest BCUT2D eigenvalue weighted by Crippen LogP contribution is -2.13. The largest absolute Gasteiger partial charge is 0.459 e. The summed E-state index contributed by atoms with van der Waals surface area (Å²) in [5, 5.41) is 0.